The zero-order valence-electron chi connectivity index (χ0n) is 12.1. The second-order valence-electron chi connectivity index (χ2n) is 4.98. The van der Waals surface area contributed by atoms with Gasteiger partial charge in [-0.3, -0.25) is 0 Å². The van der Waals surface area contributed by atoms with Gasteiger partial charge < -0.3 is 4.90 Å². The molecule has 0 saturated carbocycles. The maximum Gasteiger partial charge on any atom is 0.232 e. The van der Waals surface area contributed by atoms with Crippen molar-refractivity contribution in [2.75, 3.05) is 30.9 Å². The maximum absolute atomic E-state index is 10.1. The highest BCUT2D eigenvalue weighted by Crippen LogP contribution is 2.28. The summed E-state index contributed by atoms with van der Waals surface area (Å²) in [4.78, 5) is 1.38. The number of nitrogens with zero attached hydrogens (tertiary/aromatic N) is 1. The van der Waals surface area contributed by atoms with Crippen LogP contribution in [0.15, 0.2) is 41.3 Å². The van der Waals surface area contributed by atoms with E-state index in [9.17, 15) is 5.26 Å². The first kappa shape index (κ1) is 15.5. The molecule has 1 fully saturated rings. The molecule has 0 unspecified atom stereocenters. The summed E-state index contributed by atoms with van der Waals surface area (Å²) in [5.41, 5.74) is 1.73. The van der Waals surface area contributed by atoms with Crippen molar-refractivity contribution in [3.05, 3.63) is 46.9 Å². The van der Waals surface area contributed by atoms with Crippen LogP contribution in [0.5, 0.6) is 0 Å². The van der Waals surface area contributed by atoms with Crippen molar-refractivity contribution in [3.8, 4) is 6.07 Å². The first-order chi connectivity index (χ1) is 9.75. The molecule has 1 aliphatic heterocycles. The van der Waals surface area contributed by atoms with Crippen LogP contribution in [0.3, 0.4) is 0 Å². The third-order valence-electron chi connectivity index (χ3n) is 3.89. The molecule has 1 N–H and O–H groups in total. The van der Waals surface area contributed by atoms with Gasteiger partial charge in [0.05, 0.1) is 13.1 Å². The van der Waals surface area contributed by atoms with Crippen LogP contribution in [0.2, 0.25) is 0 Å². The van der Waals surface area contributed by atoms with Crippen LogP contribution in [-0.2, 0) is 5.54 Å². The minimum absolute atomic E-state index is 0.536. The van der Waals surface area contributed by atoms with Gasteiger partial charge in [0.1, 0.15) is 6.07 Å². The molecule has 106 valence electrons. The average molecular weight is 305 g/mol. The topological polar surface area (TPSA) is 28.2 Å². The first-order valence-corrected chi connectivity index (χ1v) is 9.29. The Bertz CT molecular complexity index is 501. The third-order valence-corrected chi connectivity index (χ3v) is 5.46. The van der Waals surface area contributed by atoms with Crippen LogP contribution in [0.25, 0.3) is 0 Å². The smallest absolute Gasteiger partial charge is 0.232 e. The van der Waals surface area contributed by atoms with Crippen LogP contribution >= 0.6 is 23.5 Å². The fourth-order valence-electron chi connectivity index (χ4n) is 2.89. The Labute approximate surface area is 130 Å². The normalized spacial score (nSPS) is 20.1. The molecule has 0 amide bonds. The lowest BCUT2D eigenvalue weighted by Crippen LogP contribution is -3.20. The molecular formula is C16H21N2S2+. The molecule has 20 heavy (non-hydrogen) atoms. The summed E-state index contributed by atoms with van der Waals surface area (Å²) in [6.45, 7) is 4.20. The Morgan fingerprint density at radius 3 is 2.55 bits per heavy atom. The second-order valence-corrected chi connectivity index (χ2v) is 6.91. The van der Waals surface area contributed by atoms with Gasteiger partial charge in [0.2, 0.25) is 5.54 Å². The van der Waals surface area contributed by atoms with E-state index >= 15 is 0 Å². The van der Waals surface area contributed by atoms with Crippen LogP contribution in [0.4, 0.5) is 0 Å². The van der Waals surface area contributed by atoms with Crippen LogP contribution in [0.1, 0.15) is 12.5 Å². The molecule has 1 heterocycles. The minimum Gasteiger partial charge on any atom is -0.309 e. The van der Waals surface area contributed by atoms with E-state index in [1.807, 2.05) is 30.0 Å². The summed E-state index contributed by atoms with van der Waals surface area (Å²) < 4.78 is 0. The Hall–Kier alpha value is -0.890. The van der Waals surface area contributed by atoms with Crippen molar-refractivity contribution in [2.24, 2.45) is 0 Å². The summed E-state index contributed by atoms with van der Waals surface area (Å²) in [5.74, 6) is 2.27. The molecule has 1 atom stereocenters. The molecule has 4 heteroatoms. The van der Waals surface area contributed by atoms with Gasteiger partial charge in [0, 0.05) is 22.6 Å². The van der Waals surface area contributed by atoms with Crippen molar-refractivity contribution < 1.29 is 4.90 Å². The molecular weight excluding hydrogens is 284 g/mol. The Balaban J connectivity index is 2.52. The fourth-order valence-corrected chi connectivity index (χ4v) is 4.40. The number of hydrogen-bond acceptors (Lipinski definition) is 3. The third kappa shape index (κ3) is 2.90. The van der Waals surface area contributed by atoms with Gasteiger partial charge in [-0.2, -0.15) is 17.0 Å². The zero-order chi connectivity index (χ0) is 14.4. The summed E-state index contributed by atoms with van der Waals surface area (Å²) in [6, 6.07) is 12.9. The largest absolute Gasteiger partial charge is 0.309 e. The molecule has 1 aromatic rings. The fraction of sp³-hybridized carbons (Fsp3) is 0.438. The Morgan fingerprint density at radius 1 is 1.35 bits per heavy atom. The van der Waals surface area contributed by atoms with Crippen molar-refractivity contribution in [1.29, 1.82) is 5.26 Å². The van der Waals surface area contributed by atoms with Crippen molar-refractivity contribution in [3.63, 3.8) is 0 Å². The van der Waals surface area contributed by atoms with E-state index in [1.54, 1.807) is 11.8 Å². The van der Waals surface area contributed by atoms with Gasteiger partial charge >= 0.3 is 0 Å². The van der Waals surface area contributed by atoms with E-state index in [2.05, 4.69) is 36.8 Å². The highest BCUT2D eigenvalue weighted by atomic mass is 32.2. The van der Waals surface area contributed by atoms with E-state index < -0.39 is 5.54 Å². The number of nitriles is 1. The van der Waals surface area contributed by atoms with E-state index in [0.717, 1.165) is 35.7 Å². The SMILES string of the molecule is CSC=C(C)[C@@](C#N)(c1ccccc1)[NH+]1CCSCC1. The van der Waals surface area contributed by atoms with Gasteiger partial charge in [-0.1, -0.05) is 30.3 Å². The first-order valence-electron chi connectivity index (χ1n) is 6.85. The zero-order valence-corrected chi connectivity index (χ0v) is 13.7. The summed E-state index contributed by atoms with van der Waals surface area (Å²) in [5, 5.41) is 12.2. The number of benzene rings is 1. The molecule has 0 aromatic heterocycles. The second kappa shape index (κ2) is 7.21. The maximum atomic E-state index is 10.1. The predicted molar refractivity (Wildman–Crippen MR) is 89.0 cm³/mol. The molecule has 0 bridgehead atoms. The lowest BCUT2D eigenvalue weighted by atomic mass is 9.83. The summed E-state index contributed by atoms with van der Waals surface area (Å²) in [7, 11) is 0. The summed E-state index contributed by atoms with van der Waals surface area (Å²) >= 11 is 3.67. The molecule has 2 rings (SSSR count). The lowest BCUT2D eigenvalue weighted by molar-refractivity contribution is -0.941. The van der Waals surface area contributed by atoms with Gasteiger partial charge in [-0.05, 0) is 18.6 Å². The molecule has 1 aromatic carbocycles. The van der Waals surface area contributed by atoms with Crippen molar-refractivity contribution in [1.82, 2.24) is 0 Å². The van der Waals surface area contributed by atoms with Crippen LogP contribution in [-0.4, -0.2) is 30.9 Å². The van der Waals surface area contributed by atoms with E-state index in [4.69, 9.17) is 0 Å². The van der Waals surface area contributed by atoms with Crippen molar-refractivity contribution in [2.45, 2.75) is 12.5 Å². The minimum atomic E-state index is -0.536. The number of thioether (sulfide) groups is 2. The number of quaternary nitrogens is 1. The molecule has 1 aliphatic rings. The van der Waals surface area contributed by atoms with Crippen LogP contribution < -0.4 is 4.90 Å². The number of nitrogens with one attached hydrogen (secondary N) is 1. The Kier molecular flexibility index (Phi) is 5.59. The summed E-state index contributed by atoms with van der Waals surface area (Å²) in [6.07, 6.45) is 2.05. The van der Waals surface area contributed by atoms with Gasteiger partial charge in [0.15, 0.2) is 0 Å². The Morgan fingerprint density at radius 2 is 2.00 bits per heavy atom. The van der Waals surface area contributed by atoms with E-state index in [0.29, 0.717) is 0 Å². The molecule has 2 nitrogen and oxygen atoms in total. The molecule has 1 saturated heterocycles. The van der Waals surface area contributed by atoms with Crippen molar-refractivity contribution >= 4 is 23.5 Å². The standard InChI is InChI=1S/C16H20N2S2/c1-14(12-19-2)16(13-17,15-6-4-3-5-7-15)18-8-10-20-11-9-18/h3-7,12H,8-11H2,1-2H3/p+1/t16-/m0/s1. The van der Waals surface area contributed by atoms with Gasteiger partial charge in [-0.15, -0.1) is 11.8 Å². The highest BCUT2D eigenvalue weighted by Gasteiger charge is 2.45. The monoisotopic (exact) mass is 305 g/mol. The van der Waals surface area contributed by atoms with E-state index in [-0.39, 0.29) is 0 Å². The number of rotatable bonds is 4. The predicted octanol–water partition coefficient (Wildman–Crippen LogP) is 2.30. The average Bonchev–Trinajstić information content (AvgIpc) is 2.51. The number of hydrogen-bond donors (Lipinski definition) is 1. The highest BCUT2D eigenvalue weighted by molar-refractivity contribution is 8.01. The van der Waals surface area contributed by atoms with Crippen LogP contribution in [0, 0.1) is 11.3 Å². The van der Waals surface area contributed by atoms with E-state index in [1.165, 1.54) is 4.90 Å². The van der Waals surface area contributed by atoms with Gasteiger partial charge in [-0.25, -0.2) is 0 Å². The van der Waals surface area contributed by atoms with Gasteiger partial charge in [0.25, 0.3) is 0 Å². The molecule has 0 spiro atoms. The molecule has 0 aliphatic carbocycles. The quantitative estimate of drug-likeness (QED) is 0.925. The lowest BCUT2D eigenvalue weighted by Gasteiger charge is -2.38. The molecule has 0 radical (unpaired) electrons.